The van der Waals surface area contributed by atoms with Crippen molar-refractivity contribution in [2.75, 3.05) is 26.4 Å². The molecule has 0 bridgehead atoms. The summed E-state index contributed by atoms with van der Waals surface area (Å²) < 4.78 is 12.2. The van der Waals surface area contributed by atoms with Gasteiger partial charge in [-0.25, -0.2) is 4.79 Å². The minimum absolute atomic E-state index is 0.185. The van der Waals surface area contributed by atoms with Crippen LogP contribution >= 0.6 is 0 Å². The number of ether oxygens (including phenoxy) is 2. The zero-order valence-electron chi connectivity index (χ0n) is 15.1. The lowest BCUT2D eigenvalue weighted by atomic mass is 10.1. The highest BCUT2D eigenvalue weighted by atomic mass is 16.5. The maximum absolute atomic E-state index is 12.5. The van der Waals surface area contributed by atoms with E-state index >= 15 is 0 Å². The van der Waals surface area contributed by atoms with Crippen LogP contribution in [0, 0.1) is 13.8 Å². The number of hydrogen-bond donors (Lipinski definition) is 1. The number of hydrogen-bond acceptors (Lipinski definition) is 4. The second-order valence-electron chi connectivity index (χ2n) is 5.36. The van der Waals surface area contributed by atoms with Crippen LogP contribution in [0.25, 0.3) is 0 Å². The van der Waals surface area contributed by atoms with Crippen molar-refractivity contribution in [2.45, 2.75) is 40.7 Å². The molecule has 0 aliphatic rings. The van der Waals surface area contributed by atoms with Gasteiger partial charge in [0.05, 0.1) is 12.2 Å². The number of carbonyl (C=O) groups excluding carboxylic acids is 2. The van der Waals surface area contributed by atoms with E-state index < -0.39 is 5.97 Å². The third-order valence-electron chi connectivity index (χ3n) is 3.73. The van der Waals surface area contributed by atoms with Crippen molar-refractivity contribution in [3.05, 3.63) is 35.2 Å². The molecule has 1 aromatic rings. The van der Waals surface area contributed by atoms with Gasteiger partial charge in [-0.05, 0) is 39.7 Å². The molecule has 0 saturated heterocycles. The molecule has 1 aromatic heterocycles. The van der Waals surface area contributed by atoms with Crippen LogP contribution in [0.2, 0.25) is 0 Å². The third-order valence-corrected chi connectivity index (χ3v) is 3.73. The molecular formula is C18H28N2O4. The molecule has 24 heavy (non-hydrogen) atoms. The summed E-state index contributed by atoms with van der Waals surface area (Å²) >= 11 is 0. The maximum Gasteiger partial charge on any atom is 0.355 e. The molecule has 0 aliphatic heterocycles. The van der Waals surface area contributed by atoms with E-state index in [1.807, 2.05) is 13.8 Å². The summed E-state index contributed by atoms with van der Waals surface area (Å²) in [7, 11) is 0. The molecule has 0 unspecified atom stereocenters. The predicted molar refractivity (Wildman–Crippen MR) is 93.5 cm³/mol. The second kappa shape index (κ2) is 9.93. The quantitative estimate of drug-likeness (QED) is 0.405. The van der Waals surface area contributed by atoms with E-state index in [1.54, 1.807) is 24.5 Å². The summed E-state index contributed by atoms with van der Waals surface area (Å²) in [6, 6.07) is 0. The molecular weight excluding hydrogens is 308 g/mol. The number of nitrogens with zero attached hydrogens (tertiary/aromatic N) is 1. The third kappa shape index (κ3) is 4.71. The Labute approximate surface area is 143 Å². The molecule has 1 rings (SSSR count). The number of carbonyl (C=O) groups is 2. The molecule has 0 saturated carbocycles. The fraction of sp³-hybridized carbons (Fsp3) is 0.556. The lowest BCUT2D eigenvalue weighted by molar-refractivity contribution is 0.0513. The standard InChI is InChI=1S/C18H28N2O4/c1-6-11-20-14(5)15(13(4)16(20)18(22)24-8-3)17(21)19-10-9-12-23-7-2/h6H,1,7-12H2,2-5H3,(H,19,21). The van der Waals surface area contributed by atoms with Crippen molar-refractivity contribution in [3.8, 4) is 0 Å². The average molecular weight is 336 g/mol. The van der Waals surface area contributed by atoms with E-state index in [2.05, 4.69) is 11.9 Å². The van der Waals surface area contributed by atoms with Crippen molar-refractivity contribution < 1.29 is 19.1 Å². The Morgan fingerprint density at radius 2 is 1.96 bits per heavy atom. The van der Waals surface area contributed by atoms with Gasteiger partial charge < -0.3 is 19.4 Å². The maximum atomic E-state index is 12.5. The summed E-state index contributed by atoms with van der Waals surface area (Å²) in [5.41, 5.74) is 2.30. The Hall–Kier alpha value is -2.08. The van der Waals surface area contributed by atoms with E-state index in [1.165, 1.54) is 0 Å². The molecule has 0 aromatic carbocycles. The lowest BCUT2D eigenvalue weighted by Crippen LogP contribution is -2.26. The minimum Gasteiger partial charge on any atom is -0.461 e. The summed E-state index contributed by atoms with van der Waals surface area (Å²) in [4.78, 5) is 24.8. The van der Waals surface area contributed by atoms with Gasteiger partial charge in [-0.3, -0.25) is 4.79 Å². The van der Waals surface area contributed by atoms with Crippen molar-refractivity contribution in [1.29, 1.82) is 0 Å². The largest absolute Gasteiger partial charge is 0.461 e. The summed E-state index contributed by atoms with van der Waals surface area (Å²) in [6.45, 7) is 13.5. The summed E-state index contributed by atoms with van der Waals surface area (Å²) in [5.74, 6) is -0.606. The molecule has 1 N–H and O–H groups in total. The van der Waals surface area contributed by atoms with Crippen molar-refractivity contribution >= 4 is 11.9 Å². The number of amides is 1. The highest BCUT2D eigenvalue weighted by Crippen LogP contribution is 2.23. The first-order valence-electron chi connectivity index (χ1n) is 8.33. The first-order valence-corrected chi connectivity index (χ1v) is 8.33. The van der Waals surface area contributed by atoms with E-state index in [9.17, 15) is 9.59 Å². The van der Waals surface area contributed by atoms with Gasteiger partial charge in [-0.2, -0.15) is 0 Å². The van der Waals surface area contributed by atoms with Crippen LogP contribution in [0.15, 0.2) is 12.7 Å². The number of aromatic nitrogens is 1. The predicted octanol–water partition coefficient (Wildman–Crippen LogP) is 2.62. The van der Waals surface area contributed by atoms with Crippen LogP contribution in [0.4, 0.5) is 0 Å². The zero-order valence-corrected chi connectivity index (χ0v) is 15.1. The molecule has 0 atom stereocenters. The highest BCUT2D eigenvalue weighted by molar-refractivity contribution is 6.01. The van der Waals surface area contributed by atoms with Crippen LogP contribution in [0.5, 0.6) is 0 Å². The minimum atomic E-state index is -0.421. The van der Waals surface area contributed by atoms with Crippen molar-refractivity contribution in [3.63, 3.8) is 0 Å². The monoisotopic (exact) mass is 336 g/mol. The number of allylic oxidation sites excluding steroid dienone is 1. The molecule has 0 aliphatic carbocycles. The Morgan fingerprint density at radius 3 is 2.54 bits per heavy atom. The molecule has 0 radical (unpaired) electrons. The Balaban J connectivity index is 3.01. The van der Waals surface area contributed by atoms with Crippen LogP contribution < -0.4 is 5.32 Å². The average Bonchev–Trinajstić information content (AvgIpc) is 2.78. The Bertz CT molecular complexity index is 590. The first kappa shape index (κ1) is 20.0. The van der Waals surface area contributed by atoms with Crippen LogP contribution in [-0.4, -0.2) is 42.8 Å². The fourth-order valence-electron chi connectivity index (χ4n) is 2.66. The van der Waals surface area contributed by atoms with Gasteiger partial charge >= 0.3 is 5.97 Å². The van der Waals surface area contributed by atoms with E-state index in [0.717, 1.165) is 12.1 Å². The normalized spacial score (nSPS) is 10.5. The van der Waals surface area contributed by atoms with Crippen molar-refractivity contribution in [2.24, 2.45) is 0 Å². The topological polar surface area (TPSA) is 69.6 Å². The van der Waals surface area contributed by atoms with E-state index in [0.29, 0.717) is 43.1 Å². The lowest BCUT2D eigenvalue weighted by Gasteiger charge is -2.09. The molecule has 134 valence electrons. The van der Waals surface area contributed by atoms with Crippen molar-refractivity contribution in [1.82, 2.24) is 9.88 Å². The van der Waals surface area contributed by atoms with Crippen LogP contribution in [0.1, 0.15) is 52.4 Å². The molecule has 1 heterocycles. The zero-order chi connectivity index (χ0) is 18.1. The van der Waals surface area contributed by atoms with Crippen LogP contribution in [0.3, 0.4) is 0 Å². The van der Waals surface area contributed by atoms with Gasteiger partial charge in [0.25, 0.3) is 5.91 Å². The SMILES string of the molecule is C=CCn1c(C)c(C(=O)NCCCOCC)c(C)c1C(=O)OCC. The van der Waals surface area contributed by atoms with Gasteiger partial charge in [-0.15, -0.1) is 6.58 Å². The number of esters is 1. The Morgan fingerprint density at radius 1 is 1.25 bits per heavy atom. The van der Waals surface area contributed by atoms with Gasteiger partial charge in [0, 0.05) is 32.0 Å². The number of rotatable bonds is 10. The summed E-state index contributed by atoms with van der Waals surface area (Å²) in [6.07, 6.45) is 2.44. The fourth-order valence-corrected chi connectivity index (χ4v) is 2.66. The van der Waals surface area contributed by atoms with Gasteiger partial charge in [-0.1, -0.05) is 6.08 Å². The highest BCUT2D eigenvalue weighted by Gasteiger charge is 2.26. The van der Waals surface area contributed by atoms with E-state index in [4.69, 9.17) is 9.47 Å². The van der Waals surface area contributed by atoms with Gasteiger partial charge in [0.2, 0.25) is 0 Å². The smallest absolute Gasteiger partial charge is 0.355 e. The molecule has 0 fully saturated rings. The van der Waals surface area contributed by atoms with Crippen LogP contribution in [-0.2, 0) is 16.0 Å². The summed E-state index contributed by atoms with van der Waals surface area (Å²) in [5, 5.41) is 2.88. The first-order chi connectivity index (χ1) is 11.5. The van der Waals surface area contributed by atoms with Gasteiger partial charge in [0.1, 0.15) is 5.69 Å². The van der Waals surface area contributed by atoms with Gasteiger partial charge in [0.15, 0.2) is 0 Å². The van der Waals surface area contributed by atoms with E-state index in [-0.39, 0.29) is 12.5 Å². The Kier molecular flexibility index (Phi) is 8.26. The second-order valence-corrected chi connectivity index (χ2v) is 5.36. The molecule has 6 nitrogen and oxygen atoms in total. The molecule has 1 amide bonds. The molecule has 0 spiro atoms. The number of nitrogens with one attached hydrogen (secondary N) is 1. The molecule has 6 heteroatoms.